The zero-order valence-electron chi connectivity index (χ0n) is 7.65. The molecule has 0 radical (unpaired) electrons. The van der Waals surface area contributed by atoms with Crippen molar-refractivity contribution >= 4 is 19.9 Å². The molecule has 0 aliphatic heterocycles. The van der Waals surface area contributed by atoms with Gasteiger partial charge >= 0.3 is 59.1 Å². The van der Waals surface area contributed by atoms with Crippen LogP contribution in [0.4, 0.5) is 0 Å². The maximum atomic E-state index is 10.1. The van der Waals surface area contributed by atoms with E-state index in [4.69, 9.17) is 5.73 Å². The van der Waals surface area contributed by atoms with Gasteiger partial charge in [0.25, 0.3) is 0 Å². The fourth-order valence-corrected chi connectivity index (χ4v) is 2.52. The molecule has 4 nitrogen and oxygen atoms in total. The van der Waals surface area contributed by atoms with Gasteiger partial charge in [0.1, 0.15) is 0 Å². The van der Waals surface area contributed by atoms with Crippen LogP contribution in [-0.2, 0) is 19.9 Å². The summed E-state index contributed by atoms with van der Waals surface area (Å²) in [6, 6.07) is 0. The zero-order chi connectivity index (χ0) is 8.20. The molecule has 8 heteroatoms. The Labute approximate surface area is 121 Å². The van der Waals surface area contributed by atoms with E-state index in [1.807, 2.05) is 6.92 Å². The fraction of sp³-hybridized carbons (Fsp3) is 1.00. The number of nitrogens with two attached hydrogens (primary N) is 1. The normalized spacial score (nSPS) is 12.9. The molecule has 0 spiro atoms. The van der Waals surface area contributed by atoms with Crippen LogP contribution in [0.25, 0.3) is 0 Å². The molecule has 12 heavy (non-hydrogen) atoms. The van der Waals surface area contributed by atoms with Crippen LogP contribution >= 0.6 is 0 Å². The minimum Gasteiger partial charge on any atom is -0.766 e. The molecule has 2 N–H and O–H groups in total. The molecule has 64 valence electrons. The third-order valence-electron chi connectivity index (χ3n) is 0.849. The number of hydrogen-bond donors (Lipinski definition) is 1. The van der Waals surface area contributed by atoms with E-state index in [0.29, 0.717) is 6.42 Å². The molecule has 1 unspecified atom stereocenters. The summed E-state index contributed by atoms with van der Waals surface area (Å²) in [7, 11) is -4.35. The summed E-state index contributed by atoms with van der Waals surface area (Å²) in [4.78, 5) is 0. The smallest absolute Gasteiger partial charge is 0.766 e. The van der Waals surface area contributed by atoms with E-state index in [2.05, 4.69) is 0 Å². The van der Waals surface area contributed by atoms with Crippen molar-refractivity contribution < 1.29 is 72.1 Å². The van der Waals surface area contributed by atoms with Crippen LogP contribution in [0.1, 0.15) is 19.8 Å². The van der Waals surface area contributed by atoms with E-state index in [9.17, 15) is 13.0 Å². The van der Waals surface area contributed by atoms with Gasteiger partial charge in [0.05, 0.1) is 0 Å². The van der Waals surface area contributed by atoms with E-state index in [1.165, 1.54) is 0 Å². The second-order valence-electron chi connectivity index (χ2n) is 1.89. The standard InChI is InChI=1S/C4H12NO3S2.2Na/c1-2-3-4(5)9-10(6,7)8;;/h4,9H,2-3,5H2,1H3,(H,6,7,8);;/q-1;2*+1/p-1. The summed E-state index contributed by atoms with van der Waals surface area (Å²) in [5.41, 5.74) is 5.28. The summed E-state index contributed by atoms with van der Waals surface area (Å²) in [5.74, 6) is 0. The van der Waals surface area contributed by atoms with Crippen LogP contribution in [0.3, 0.4) is 0 Å². The molecule has 0 fully saturated rings. The van der Waals surface area contributed by atoms with Crippen LogP contribution in [-0.4, -0.2) is 18.3 Å². The number of hydrogen-bond acceptors (Lipinski definition) is 5. The summed E-state index contributed by atoms with van der Waals surface area (Å²) in [6.45, 7) is 1.88. The Balaban J connectivity index is -0.000000405. The number of thiol groups is 1. The topological polar surface area (TPSA) is 83.2 Å². The van der Waals surface area contributed by atoms with Crippen molar-refractivity contribution in [2.75, 3.05) is 0 Å². The van der Waals surface area contributed by atoms with Crippen molar-refractivity contribution in [3.63, 3.8) is 0 Å². The monoisotopic (exact) mass is 231 g/mol. The Hall–Kier alpha value is 2.22. The molecular formula is C4H11NNa2O3S2. The van der Waals surface area contributed by atoms with Gasteiger partial charge in [0, 0.05) is 9.15 Å². The quantitative estimate of drug-likeness (QED) is 0.171. The molecule has 0 heterocycles. The first-order valence-electron chi connectivity index (χ1n) is 2.89. The van der Waals surface area contributed by atoms with Crippen molar-refractivity contribution in [1.82, 2.24) is 0 Å². The van der Waals surface area contributed by atoms with Gasteiger partial charge in [0.2, 0.25) is 0 Å². The molecule has 1 atom stereocenters. The van der Waals surface area contributed by atoms with Crippen molar-refractivity contribution in [2.45, 2.75) is 25.1 Å². The molecule has 0 saturated carbocycles. The van der Waals surface area contributed by atoms with Gasteiger partial charge in [-0.15, -0.1) is 0 Å². The van der Waals surface area contributed by atoms with E-state index in [1.54, 1.807) is 0 Å². The Morgan fingerprint density at radius 1 is 1.50 bits per heavy atom. The van der Waals surface area contributed by atoms with Crippen molar-refractivity contribution in [1.29, 1.82) is 0 Å². The van der Waals surface area contributed by atoms with Crippen LogP contribution in [0.2, 0.25) is 0 Å². The van der Waals surface area contributed by atoms with Crippen LogP contribution in [0.5, 0.6) is 0 Å². The first-order valence-corrected chi connectivity index (χ1v) is 5.87. The molecule has 0 amide bonds. The zero-order valence-corrected chi connectivity index (χ0v) is 13.4. The molecule has 0 aliphatic carbocycles. The molecule has 0 rings (SSSR count). The summed E-state index contributed by atoms with van der Waals surface area (Å²) < 4.78 is 30.2. The maximum absolute atomic E-state index is 10.1. The molecule has 0 aromatic heterocycles. The van der Waals surface area contributed by atoms with Gasteiger partial charge in [0.15, 0.2) is 0 Å². The van der Waals surface area contributed by atoms with Crippen molar-refractivity contribution in [3.8, 4) is 0 Å². The van der Waals surface area contributed by atoms with Crippen LogP contribution in [0.15, 0.2) is 0 Å². The average molecular weight is 231 g/mol. The van der Waals surface area contributed by atoms with Crippen LogP contribution < -0.4 is 64.8 Å². The number of rotatable bonds is 4. The van der Waals surface area contributed by atoms with Gasteiger partial charge in [-0.3, -0.25) is 8.42 Å². The van der Waals surface area contributed by atoms with Gasteiger partial charge < -0.3 is 21.1 Å². The maximum Gasteiger partial charge on any atom is 1.00 e. The second-order valence-corrected chi connectivity index (χ2v) is 5.59. The van der Waals surface area contributed by atoms with Gasteiger partial charge in [-0.05, 0) is 0 Å². The third-order valence-corrected chi connectivity index (χ3v) is 3.22. The summed E-state index contributed by atoms with van der Waals surface area (Å²) in [6.07, 6.45) is 1.37. The molecular weight excluding hydrogens is 220 g/mol. The minimum atomic E-state index is -4.15. The summed E-state index contributed by atoms with van der Waals surface area (Å²) in [5, 5.41) is -0.521. The Bertz CT molecular complexity index is 185. The van der Waals surface area contributed by atoms with Crippen molar-refractivity contribution in [3.05, 3.63) is 0 Å². The largest absolute Gasteiger partial charge is 1.00 e. The SMILES string of the molecule is CCCC(N)[SH-]S(=O)(=O)[O-].[Na+].[Na+]. The fourth-order valence-electron chi connectivity index (χ4n) is 0.514. The predicted octanol–water partition coefficient (Wildman–Crippen LogP) is -6.65. The Morgan fingerprint density at radius 2 is 1.92 bits per heavy atom. The third kappa shape index (κ3) is 14.7. The molecule has 0 aliphatic rings. The van der Waals surface area contributed by atoms with Crippen molar-refractivity contribution in [2.24, 2.45) is 5.73 Å². The molecule has 0 aromatic carbocycles. The second kappa shape index (κ2) is 9.76. The summed E-state index contributed by atoms with van der Waals surface area (Å²) >= 11 is 0. The van der Waals surface area contributed by atoms with Gasteiger partial charge in [-0.2, -0.15) is 0 Å². The molecule has 0 bridgehead atoms. The Kier molecular flexibility index (Phi) is 16.1. The molecule has 0 saturated heterocycles. The minimum absolute atomic E-state index is 0. The van der Waals surface area contributed by atoms with Gasteiger partial charge in [-0.1, -0.05) is 25.1 Å². The first kappa shape index (κ1) is 19.7. The van der Waals surface area contributed by atoms with E-state index in [-0.39, 0.29) is 69.9 Å². The van der Waals surface area contributed by atoms with Gasteiger partial charge in [-0.25, -0.2) is 0 Å². The predicted molar refractivity (Wildman–Crippen MR) is 41.3 cm³/mol. The molecule has 0 aromatic rings. The van der Waals surface area contributed by atoms with E-state index >= 15 is 0 Å². The van der Waals surface area contributed by atoms with E-state index < -0.39 is 14.5 Å². The van der Waals surface area contributed by atoms with E-state index in [0.717, 1.165) is 6.42 Å². The van der Waals surface area contributed by atoms with Crippen LogP contribution in [0, 0.1) is 0 Å². The Morgan fingerprint density at radius 3 is 2.17 bits per heavy atom. The first-order chi connectivity index (χ1) is 4.45. The average Bonchev–Trinajstić information content (AvgIpc) is 1.59.